The smallest absolute Gasteiger partial charge is 0.461 e. The normalized spacial score (nSPS) is 29.6. The molecule has 37 heavy (non-hydrogen) atoms. The van der Waals surface area contributed by atoms with E-state index in [4.69, 9.17) is 9.29 Å². The van der Waals surface area contributed by atoms with Gasteiger partial charge in [-0.25, -0.2) is 4.79 Å². The summed E-state index contributed by atoms with van der Waals surface area (Å²) in [7, 11) is -6.56. The molecule has 0 amide bonds. The SMILES string of the molecule is CCOC(=O)C(OCCCC(F)(F)C(F)(F)S(=O)(=O)O)(OC(=O)C12CC3CC(CC(C3)C1)C2)C(F)(F)F. The van der Waals surface area contributed by atoms with Gasteiger partial charge in [-0.05, 0) is 69.6 Å². The van der Waals surface area contributed by atoms with Crippen LogP contribution in [0, 0.1) is 23.2 Å². The van der Waals surface area contributed by atoms with Gasteiger partial charge >= 0.3 is 45.2 Å². The Morgan fingerprint density at radius 2 is 1.43 bits per heavy atom. The lowest BCUT2D eigenvalue weighted by molar-refractivity contribution is -0.359. The van der Waals surface area contributed by atoms with Crippen molar-refractivity contribution in [3.8, 4) is 0 Å². The van der Waals surface area contributed by atoms with Gasteiger partial charge < -0.3 is 14.2 Å². The van der Waals surface area contributed by atoms with Gasteiger partial charge in [-0.1, -0.05) is 0 Å². The minimum absolute atomic E-state index is 0.106. The van der Waals surface area contributed by atoms with Crippen LogP contribution in [0.4, 0.5) is 30.7 Å². The number of esters is 2. The van der Waals surface area contributed by atoms with E-state index in [0.717, 1.165) is 26.2 Å². The zero-order valence-corrected chi connectivity index (χ0v) is 20.5. The molecule has 0 saturated heterocycles. The summed E-state index contributed by atoms with van der Waals surface area (Å²) in [6, 6.07) is 0. The number of carbonyl (C=O) groups is 2. The highest BCUT2D eigenvalue weighted by Gasteiger charge is 2.70. The molecule has 1 unspecified atom stereocenters. The molecule has 4 fully saturated rings. The van der Waals surface area contributed by atoms with Crippen LogP contribution < -0.4 is 0 Å². The highest BCUT2D eigenvalue weighted by atomic mass is 32.2. The molecule has 1 atom stereocenters. The molecule has 214 valence electrons. The first kappa shape index (κ1) is 29.9. The van der Waals surface area contributed by atoms with Gasteiger partial charge in [0.05, 0.1) is 18.6 Å². The lowest BCUT2D eigenvalue weighted by atomic mass is 9.49. The molecule has 0 spiro atoms. The minimum atomic E-state index is -6.56. The van der Waals surface area contributed by atoms with Crippen molar-refractivity contribution in [2.24, 2.45) is 23.2 Å². The number of rotatable bonds is 11. The molecule has 4 aliphatic carbocycles. The predicted octanol–water partition coefficient (Wildman–Crippen LogP) is 4.48. The molecule has 8 nitrogen and oxygen atoms in total. The number of ether oxygens (including phenoxy) is 3. The van der Waals surface area contributed by atoms with Crippen LogP contribution in [0.2, 0.25) is 0 Å². The topological polar surface area (TPSA) is 116 Å². The number of hydrogen-bond donors (Lipinski definition) is 1. The Labute approximate surface area is 207 Å². The van der Waals surface area contributed by atoms with Gasteiger partial charge in [0.1, 0.15) is 0 Å². The van der Waals surface area contributed by atoms with Gasteiger partial charge in [-0.15, -0.1) is 0 Å². The average molecular weight is 572 g/mol. The standard InChI is InChI=1S/C21H27F7O8S/c1-2-34-16(30)19(20(24,25)26,35-5-3-4-18(22,23)21(27,28)37(31,32)33)36-15(29)17-9-12-6-13(10-17)8-14(7-12)11-17/h12-14H,2-11H2,1H3,(H,31,32,33). The quantitative estimate of drug-likeness (QED) is 0.127. The zero-order chi connectivity index (χ0) is 28.1. The van der Waals surface area contributed by atoms with Crippen LogP contribution in [0.25, 0.3) is 0 Å². The molecular weight excluding hydrogens is 545 g/mol. The number of alkyl halides is 7. The first-order chi connectivity index (χ1) is 16.8. The first-order valence-corrected chi connectivity index (χ1v) is 13.1. The van der Waals surface area contributed by atoms with Gasteiger partial charge in [-0.3, -0.25) is 9.35 Å². The largest absolute Gasteiger partial charge is 0.468 e. The highest BCUT2D eigenvalue weighted by Crippen LogP contribution is 2.61. The Kier molecular flexibility index (Phi) is 7.92. The number of halogens is 7. The molecule has 0 heterocycles. The third-order valence-corrected chi connectivity index (χ3v) is 8.26. The molecule has 16 heteroatoms. The van der Waals surface area contributed by atoms with Gasteiger partial charge in [0.25, 0.3) is 0 Å². The fourth-order valence-corrected chi connectivity index (χ4v) is 6.53. The van der Waals surface area contributed by atoms with E-state index in [-0.39, 0.29) is 37.0 Å². The van der Waals surface area contributed by atoms with Crippen molar-refractivity contribution in [2.45, 2.75) is 81.4 Å². The van der Waals surface area contributed by atoms with E-state index >= 15 is 0 Å². The Balaban J connectivity index is 1.81. The van der Waals surface area contributed by atoms with E-state index in [1.54, 1.807) is 0 Å². The summed E-state index contributed by atoms with van der Waals surface area (Å²) in [5, 5.41) is -5.94. The molecule has 0 aliphatic heterocycles. The molecule has 0 aromatic rings. The van der Waals surface area contributed by atoms with E-state index in [1.807, 2.05) is 0 Å². The lowest BCUT2D eigenvalue weighted by Crippen LogP contribution is -2.61. The van der Waals surface area contributed by atoms with E-state index in [0.29, 0.717) is 0 Å². The molecule has 4 bridgehead atoms. The fraction of sp³-hybridized carbons (Fsp3) is 0.905. The summed E-state index contributed by atoms with van der Waals surface area (Å²) in [6.07, 6.45) is -5.90. The Bertz CT molecular complexity index is 962. The molecule has 4 rings (SSSR count). The van der Waals surface area contributed by atoms with Crippen LogP contribution in [-0.2, 0) is 33.9 Å². The summed E-state index contributed by atoms with van der Waals surface area (Å²) >= 11 is 0. The lowest BCUT2D eigenvalue weighted by Gasteiger charge is -2.55. The monoisotopic (exact) mass is 572 g/mol. The second-order valence-corrected chi connectivity index (χ2v) is 11.5. The molecule has 0 radical (unpaired) electrons. The molecular formula is C21H27F7O8S. The van der Waals surface area contributed by atoms with Gasteiger partial charge in [-0.2, -0.15) is 39.2 Å². The van der Waals surface area contributed by atoms with Gasteiger partial charge in [0, 0.05) is 6.42 Å². The van der Waals surface area contributed by atoms with Crippen molar-refractivity contribution in [1.29, 1.82) is 0 Å². The second-order valence-electron chi connectivity index (χ2n) is 10.1. The predicted molar refractivity (Wildman–Crippen MR) is 109 cm³/mol. The average Bonchev–Trinajstić information content (AvgIpc) is 2.73. The third-order valence-electron chi connectivity index (χ3n) is 7.32. The minimum Gasteiger partial charge on any atom is -0.461 e. The van der Waals surface area contributed by atoms with E-state index in [2.05, 4.69) is 9.47 Å². The van der Waals surface area contributed by atoms with Crippen LogP contribution in [0.5, 0.6) is 0 Å². The van der Waals surface area contributed by atoms with E-state index in [1.165, 1.54) is 0 Å². The van der Waals surface area contributed by atoms with Crippen molar-refractivity contribution in [1.82, 2.24) is 0 Å². The van der Waals surface area contributed by atoms with Crippen LogP contribution in [-0.4, -0.2) is 61.3 Å². The van der Waals surface area contributed by atoms with Crippen molar-refractivity contribution < 1.29 is 67.5 Å². The van der Waals surface area contributed by atoms with Crippen LogP contribution in [0.15, 0.2) is 0 Å². The van der Waals surface area contributed by atoms with Crippen molar-refractivity contribution >= 4 is 22.1 Å². The van der Waals surface area contributed by atoms with E-state index < -0.39 is 76.7 Å². The van der Waals surface area contributed by atoms with Crippen LogP contribution >= 0.6 is 0 Å². The van der Waals surface area contributed by atoms with Gasteiger partial charge in [0.15, 0.2) is 0 Å². The second kappa shape index (κ2) is 9.81. The Hall–Kier alpha value is -1.68. The zero-order valence-electron chi connectivity index (χ0n) is 19.7. The molecule has 4 aliphatic rings. The van der Waals surface area contributed by atoms with Crippen LogP contribution in [0.1, 0.15) is 58.3 Å². The summed E-state index contributed by atoms with van der Waals surface area (Å²) in [5.74, 6) is -13.0. The molecule has 0 aromatic carbocycles. The summed E-state index contributed by atoms with van der Waals surface area (Å²) in [4.78, 5) is 25.6. The third kappa shape index (κ3) is 5.42. The highest BCUT2D eigenvalue weighted by molar-refractivity contribution is 7.87. The summed E-state index contributed by atoms with van der Waals surface area (Å²) in [5.41, 5.74) is -1.29. The number of carbonyl (C=O) groups excluding carboxylic acids is 2. The van der Waals surface area contributed by atoms with Crippen molar-refractivity contribution in [2.75, 3.05) is 13.2 Å². The maximum atomic E-state index is 14.2. The van der Waals surface area contributed by atoms with E-state index in [9.17, 15) is 48.7 Å². The molecule has 1 N–H and O–H groups in total. The van der Waals surface area contributed by atoms with Crippen molar-refractivity contribution in [3.05, 3.63) is 0 Å². The maximum Gasteiger partial charge on any atom is 0.468 e. The van der Waals surface area contributed by atoms with Crippen molar-refractivity contribution in [3.63, 3.8) is 0 Å². The summed E-state index contributed by atoms with van der Waals surface area (Å²) < 4.78 is 140. The summed E-state index contributed by atoms with van der Waals surface area (Å²) in [6.45, 7) is -0.935. The fourth-order valence-electron chi connectivity index (χ4n) is 6.06. The molecule has 0 aromatic heterocycles. The molecule has 4 saturated carbocycles. The maximum absolute atomic E-state index is 14.2. The Morgan fingerprint density at radius 1 is 0.946 bits per heavy atom. The first-order valence-electron chi connectivity index (χ1n) is 11.6. The van der Waals surface area contributed by atoms with Gasteiger partial charge in [0.2, 0.25) is 0 Å². The number of hydrogen-bond acceptors (Lipinski definition) is 7. The van der Waals surface area contributed by atoms with Crippen LogP contribution in [0.3, 0.4) is 0 Å². The Morgan fingerprint density at radius 3 is 1.84 bits per heavy atom.